The molecule has 2 rings (SSSR count). The number of hydrogen-bond acceptors (Lipinski definition) is 1. The molecule has 100 valence electrons. The minimum atomic E-state index is -1.03. The Balaban J connectivity index is 2.55. The van der Waals surface area contributed by atoms with Crippen LogP contribution in [0.5, 0.6) is 0 Å². The summed E-state index contributed by atoms with van der Waals surface area (Å²) in [6, 6.07) is 5.62. The highest BCUT2D eigenvalue weighted by molar-refractivity contribution is 5.37. The molecule has 4 heteroatoms. The van der Waals surface area contributed by atoms with Crippen LogP contribution in [0.15, 0.2) is 30.3 Å². The van der Waals surface area contributed by atoms with Gasteiger partial charge in [-0.1, -0.05) is 12.1 Å². The molecule has 0 aliphatic rings. The van der Waals surface area contributed by atoms with Crippen molar-refractivity contribution in [2.45, 2.75) is 19.9 Å². The Morgan fingerprint density at radius 2 is 1.68 bits per heavy atom. The van der Waals surface area contributed by atoms with Crippen molar-refractivity contribution in [3.05, 3.63) is 70.0 Å². The second kappa shape index (κ2) is 5.05. The number of aryl methyl sites for hydroxylation is 2. The standard InChI is InChI=1S/C15H14F3N/c1-8-5-10(7-11(16)6-8)15(19)13-12(17)4-3-9(2)14(13)18/h3-7,15H,19H2,1-2H3. The van der Waals surface area contributed by atoms with E-state index in [-0.39, 0.29) is 5.56 Å². The van der Waals surface area contributed by atoms with Crippen molar-refractivity contribution in [2.24, 2.45) is 5.73 Å². The van der Waals surface area contributed by atoms with Gasteiger partial charge >= 0.3 is 0 Å². The normalized spacial score (nSPS) is 12.5. The Morgan fingerprint density at radius 1 is 1.00 bits per heavy atom. The molecule has 0 aliphatic heterocycles. The van der Waals surface area contributed by atoms with Crippen LogP contribution in [0.2, 0.25) is 0 Å². The molecule has 1 atom stereocenters. The predicted octanol–water partition coefficient (Wildman–Crippen LogP) is 3.77. The van der Waals surface area contributed by atoms with Gasteiger partial charge in [0, 0.05) is 5.56 Å². The molecule has 0 aliphatic carbocycles. The van der Waals surface area contributed by atoms with E-state index >= 15 is 0 Å². The van der Waals surface area contributed by atoms with E-state index in [0.29, 0.717) is 16.7 Å². The zero-order valence-corrected chi connectivity index (χ0v) is 10.7. The van der Waals surface area contributed by atoms with Crippen LogP contribution in [0, 0.1) is 31.3 Å². The number of halogens is 3. The Kier molecular flexibility index (Phi) is 3.62. The maximum absolute atomic E-state index is 14.0. The van der Waals surface area contributed by atoms with Crippen LogP contribution in [0.4, 0.5) is 13.2 Å². The molecule has 0 fully saturated rings. The summed E-state index contributed by atoms with van der Waals surface area (Å²) >= 11 is 0. The highest BCUT2D eigenvalue weighted by atomic mass is 19.1. The first-order chi connectivity index (χ1) is 8.90. The largest absolute Gasteiger partial charge is 0.320 e. The fourth-order valence-electron chi connectivity index (χ4n) is 2.07. The van der Waals surface area contributed by atoms with Crippen LogP contribution in [0.3, 0.4) is 0 Å². The molecule has 2 aromatic carbocycles. The number of hydrogen-bond donors (Lipinski definition) is 1. The van der Waals surface area contributed by atoms with E-state index in [0.717, 1.165) is 0 Å². The van der Waals surface area contributed by atoms with Gasteiger partial charge in [0.1, 0.15) is 17.5 Å². The van der Waals surface area contributed by atoms with Crippen molar-refractivity contribution >= 4 is 0 Å². The fraction of sp³-hybridized carbons (Fsp3) is 0.200. The van der Waals surface area contributed by atoms with Gasteiger partial charge in [0.25, 0.3) is 0 Å². The Labute approximate surface area is 109 Å². The smallest absolute Gasteiger partial charge is 0.134 e. The van der Waals surface area contributed by atoms with Gasteiger partial charge < -0.3 is 5.73 Å². The van der Waals surface area contributed by atoms with Gasteiger partial charge in [0.05, 0.1) is 6.04 Å². The molecule has 0 radical (unpaired) electrons. The van der Waals surface area contributed by atoms with Gasteiger partial charge in [0.15, 0.2) is 0 Å². The van der Waals surface area contributed by atoms with E-state index in [4.69, 9.17) is 5.73 Å². The fourth-order valence-corrected chi connectivity index (χ4v) is 2.07. The van der Waals surface area contributed by atoms with Gasteiger partial charge in [-0.25, -0.2) is 13.2 Å². The lowest BCUT2D eigenvalue weighted by Gasteiger charge is -2.16. The van der Waals surface area contributed by atoms with Gasteiger partial charge in [-0.2, -0.15) is 0 Å². The number of nitrogens with two attached hydrogens (primary N) is 1. The van der Waals surface area contributed by atoms with E-state index in [1.165, 1.54) is 31.2 Å². The Hall–Kier alpha value is -1.81. The molecule has 19 heavy (non-hydrogen) atoms. The summed E-state index contributed by atoms with van der Waals surface area (Å²) < 4.78 is 41.1. The highest BCUT2D eigenvalue weighted by Crippen LogP contribution is 2.27. The van der Waals surface area contributed by atoms with E-state index in [2.05, 4.69) is 0 Å². The topological polar surface area (TPSA) is 26.0 Å². The van der Waals surface area contributed by atoms with Gasteiger partial charge in [-0.3, -0.25) is 0 Å². The van der Waals surface area contributed by atoms with Crippen molar-refractivity contribution in [3.8, 4) is 0 Å². The summed E-state index contributed by atoms with van der Waals surface area (Å²) in [7, 11) is 0. The molecule has 0 bridgehead atoms. The van der Waals surface area contributed by atoms with E-state index in [1.807, 2.05) is 0 Å². The predicted molar refractivity (Wildman–Crippen MR) is 68.3 cm³/mol. The molecule has 0 aromatic heterocycles. The lowest BCUT2D eigenvalue weighted by Crippen LogP contribution is -2.16. The van der Waals surface area contributed by atoms with Crippen LogP contribution >= 0.6 is 0 Å². The third kappa shape index (κ3) is 2.63. The van der Waals surface area contributed by atoms with Crippen molar-refractivity contribution in [2.75, 3.05) is 0 Å². The van der Waals surface area contributed by atoms with Gasteiger partial charge in [-0.15, -0.1) is 0 Å². The average molecular weight is 265 g/mol. The average Bonchev–Trinajstić information content (AvgIpc) is 2.33. The van der Waals surface area contributed by atoms with E-state index in [9.17, 15) is 13.2 Å². The van der Waals surface area contributed by atoms with E-state index in [1.54, 1.807) is 13.0 Å². The molecule has 2 N–H and O–H groups in total. The second-order valence-electron chi connectivity index (χ2n) is 4.63. The number of benzene rings is 2. The van der Waals surface area contributed by atoms with Crippen molar-refractivity contribution in [3.63, 3.8) is 0 Å². The summed E-state index contributed by atoms with van der Waals surface area (Å²) in [4.78, 5) is 0. The molecular weight excluding hydrogens is 251 g/mol. The minimum absolute atomic E-state index is 0.231. The first-order valence-electron chi connectivity index (χ1n) is 5.87. The third-order valence-corrected chi connectivity index (χ3v) is 3.05. The lowest BCUT2D eigenvalue weighted by molar-refractivity contribution is 0.536. The summed E-state index contributed by atoms with van der Waals surface area (Å²) in [6.45, 7) is 3.23. The molecule has 1 unspecified atom stereocenters. The van der Waals surface area contributed by atoms with Crippen molar-refractivity contribution < 1.29 is 13.2 Å². The summed E-state index contributed by atoms with van der Waals surface area (Å²) in [5, 5.41) is 0. The zero-order valence-electron chi connectivity index (χ0n) is 10.7. The molecule has 0 spiro atoms. The monoisotopic (exact) mass is 265 g/mol. The van der Waals surface area contributed by atoms with Crippen LogP contribution in [0.1, 0.15) is 28.3 Å². The van der Waals surface area contributed by atoms with Gasteiger partial charge in [-0.05, 0) is 48.7 Å². The minimum Gasteiger partial charge on any atom is -0.320 e. The van der Waals surface area contributed by atoms with Crippen LogP contribution in [0.25, 0.3) is 0 Å². The molecular formula is C15H14F3N. The molecule has 0 saturated carbocycles. The zero-order chi connectivity index (χ0) is 14.2. The maximum atomic E-state index is 14.0. The Morgan fingerprint density at radius 3 is 2.32 bits per heavy atom. The lowest BCUT2D eigenvalue weighted by atomic mass is 9.95. The molecule has 0 heterocycles. The quantitative estimate of drug-likeness (QED) is 0.878. The van der Waals surface area contributed by atoms with Crippen LogP contribution < -0.4 is 5.73 Å². The molecule has 0 saturated heterocycles. The van der Waals surface area contributed by atoms with Crippen LogP contribution in [-0.2, 0) is 0 Å². The summed E-state index contributed by atoms with van der Waals surface area (Å²) in [5.74, 6) is -1.88. The van der Waals surface area contributed by atoms with E-state index < -0.39 is 23.5 Å². The molecule has 0 amide bonds. The first-order valence-corrected chi connectivity index (χ1v) is 5.87. The van der Waals surface area contributed by atoms with Crippen molar-refractivity contribution in [1.82, 2.24) is 0 Å². The maximum Gasteiger partial charge on any atom is 0.134 e. The summed E-state index contributed by atoms with van der Waals surface area (Å²) in [5.41, 5.74) is 6.95. The molecule has 2 aromatic rings. The SMILES string of the molecule is Cc1cc(F)cc(C(N)c2c(F)ccc(C)c2F)c1. The third-order valence-electron chi connectivity index (χ3n) is 3.05. The highest BCUT2D eigenvalue weighted by Gasteiger charge is 2.20. The first kappa shape index (κ1) is 13.6. The summed E-state index contributed by atoms with van der Waals surface area (Å²) in [6.07, 6.45) is 0. The van der Waals surface area contributed by atoms with Crippen LogP contribution in [-0.4, -0.2) is 0 Å². The number of rotatable bonds is 2. The van der Waals surface area contributed by atoms with Gasteiger partial charge in [0.2, 0.25) is 0 Å². The Bertz CT molecular complexity index is 603. The second-order valence-corrected chi connectivity index (χ2v) is 4.63. The van der Waals surface area contributed by atoms with Crippen molar-refractivity contribution in [1.29, 1.82) is 0 Å². The molecule has 1 nitrogen and oxygen atoms in total.